The van der Waals surface area contributed by atoms with Gasteiger partial charge in [-0.25, -0.2) is 14.3 Å². The highest BCUT2D eigenvalue weighted by Crippen LogP contribution is 2.18. The number of imidazole rings is 1. The molecule has 0 bridgehead atoms. The number of nitrogens with one attached hydrogen (secondary N) is 2. The maximum Gasteiger partial charge on any atom is 0.333 e. The average molecular weight is 497 g/mol. The fraction of sp³-hybridized carbons (Fsp3) is 0.148. The Morgan fingerprint density at radius 2 is 1.59 bits per heavy atom. The lowest BCUT2D eigenvalue weighted by Gasteiger charge is -2.13. The van der Waals surface area contributed by atoms with Gasteiger partial charge in [-0.3, -0.25) is 29.8 Å². The van der Waals surface area contributed by atoms with E-state index in [0.717, 1.165) is 20.9 Å². The summed E-state index contributed by atoms with van der Waals surface area (Å²) in [7, 11) is 0. The van der Waals surface area contributed by atoms with Crippen LogP contribution in [-0.4, -0.2) is 30.5 Å². The Balaban J connectivity index is 1.43. The van der Waals surface area contributed by atoms with Crippen molar-refractivity contribution in [2.45, 2.75) is 26.6 Å². The number of amides is 2. The standard InChI is InChI=1S/C27H24N6O4/c1-2-31-17-28-24-23(31)26(36)33(27(37)32(24)15-18-9-4-3-5-10-18)16-22(34)29-30-25(35)21-14-8-12-19-11-6-7-13-20(19)21/h3-14,17H,2,15-16H2,1H3,(H,29,34)(H,30,35). The van der Waals surface area contributed by atoms with E-state index in [1.807, 2.05) is 67.6 Å². The normalized spacial score (nSPS) is 11.1. The van der Waals surface area contributed by atoms with Crippen molar-refractivity contribution in [3.63, 3.8) is 0 Å². The molecule has 0 aliphatic carbocycles. The van der Waals surface area contributed by atoms with Crippen molar-refractivity contribution < 1.29 is 9.59 Å². The van der Waals surface area contributed by atoms with Crippen LogP contribution in [0.15, 0.2) is 88.7 Å². The summed E-state index contributed by atoms with van der Waals surface area (Å²) in [5.41, 5.74) is 5.11. The summed E-state index contributed by atoms with van der Waals surface area (Å²) in [6.07, 6.45) is 1.50. The molecule has 5 aromatic rings. The van der Waals surface area contributed by atoms with Crippen molar-refractivity contribution in [3.8, 4) is 0 Å². The number of hydrogen-bond donors (Lipinski definition) is 2. The molecule has 0 saturated heterocycles. The van der Waals surface area contributed by atoms with Crippen molar-refractivity contribution >= 4 is 33.8 Å². The number of benzene rings is 3. The fourth-order valence-electron chi connectivity index (χ4n) is 4.33. The topological polar surface area (TPSA) is 120 Å². The summed E-state index contributed by atoms with van der Waals surface area (Å²) in [4.78, 5) is 56.4. The number of carbonyl (C=O) groups excluding carboxylic acids is 2. The van der Waals surface area contributed by atoms with E-state index in [0.29, 0.717) is 12.1 Å². The minimum atomic E-state index is -0.721. The molecule has 0 saturated carbocycles. The van der Waals surface area contributed by atoms with Crippen LogP contribution < -0.4 is 22.1 Å². The van der Waals surface area contributed by atoms with Gasteiger partial charge in [0.2, 0.25) is 0 Å². The molecule has 0 aliphatic rings. The molecule has 2 heterocycles. The quantitative estimate of drug-likeness (QED) is 0.349. The molecule has 186 valence electrons. The molecule has 0 unspecified atom stereocenters. The molecular formula is C27H24N6O4. The van der Waals surface area contributed by atoms with Crippen LogP contribution in [0.3, 0.4) is 0 Å². The Kier molecular flexibility index (Phi) is 6.38. The molecule has 0 radical (unpaired) electrons. The Morgan fingerprint density at radius 3 is 2.38 bits per heavy atom. The van der Waals surface area contributed by atoms with Crippen LogP contribution >= 0.6 is 0 Å². The molecule has 3 aromatic carbocycles. The van der Waals surface area contributed by atoms with E-state index in [4.69, 9.17) is 0 Å². The Hall–Kier alpha value is -4.99. The van der Waals surface area contributed by atoms with Gasteiger partial charge in [0.05, 0.1) is 12.9 Å². The molecule has 2 aromatic heterocycles. The fourth-order valence-corrected chi connectivity index (χ4v) is 4.33. The lowest BCUT2D eigenvalue weighted by molar-refractivity contribution is -0.122. The van der Waals surface area contributed by atoms with Gasteiger partial charge in [0.15, 0.2) is 11.2 Å². The SMILES string of the molecule is CCn1cnc2c1c(=O)n(CC(=O)NNC(=O)c1cccc3ccccc13)c(=O)n2Cc1ccccc1. The predicted molar refractivity (Wildman–Crippen MR) is 139 cm³/mol. The van der Waals surface area contributed by atoms with Gasteiger partial charge in [-0.05, 0) is 29.3 Å². The van der Waals surface area contributed by atoms with Gasteiger partial charge in [-0.1, -0.05) is 66.7 Å². The number of hydrazine groups is 1. The summed E-state index contributed by atoms with van der Waals surface area (Å²) in [6, 6.07) is 22.0. The van der Waals surface area contributed by atoms with Crippen LogP contribution in [0.1, 0.15) is 22.8 Å². The summed E-state index contributed by atoms with van der Waals surface area (Å²) in [5, 5.41) is 1.61. The maximum absolute atomic E-state index is 13.4. The Bertz CT molecular complexity index is 1750. The van der Waals surface area contributed by atoms with Gasteiger partial charge in [0.1, 0.15) is 6.54 Å². The molecule has 0 atom stereocenters. The second kappa shape index (κ2) is 9.94. The molecule has 0 fully saturated rings. The van der Waals surface area contributed by atoms with Gasteiger partial charge in [0.25, 0.3) is 17.4 Å². The highest BCUT2D eigenvalue weighted by molar-refractivity contribution is 6.07. The van der Waals surface area contributed by atoms with Crippen LogP contribution in [0.5, 0.6) is 0 Å². The molecule has 2 N–H and O–H groups in total. The van der Waals surface area contributed by atoms with Crippen LogP contribution in [0, 0.1) is 0 Å². The summed E-state index contributed by atoms with van der Waals surface area (Å²) >= 11 is 0. The molecule has 10 heteroatoms. The number of hydrogen-bond acceptors (Lipinski definition) is 5. The van der Waals surface area contributed by atoms with Gasteiger partial charge >= 0.3 is 5.69 Å². The lowest BCUT2D eigenvalue weighted by Crippen LogP contribution is -2.48. The van der Waals surface area contributed by atoms with Crippen molar-refractivity contribution in [3.05, 3.63) is 111 Å². The van der Waals surface area contributed by atoms with E-state index in [-0.39, 0.29) is 17.7 Å². The minimum absolute atomic E-state index is 0.177. The molecule has 0 spiro atoms. The van der Waals surface area contributed by atoms with Crippen molar-refractivity contribution in [2.24, 2.45) is 0 Å². The van der Waals surface area contributed by atoms with E-state index in [9.17, 15) is 19.2 Å². The smallest absolute Gasteiger partial charge is 0.325 e. The first-order valence-electron chi connectivity index (χ1n) is 11.8. The molecule has 37 heavy (non-hydrogen) atoms. The zero-order valence-corrected chi connectivity index (χ0v) is 20.0. The van der Waals surface area contributed by atoms with Crippen molar-refractivity contribution in [2.75, 3.05) is 0 Å². The summed E-state index contributed by atoms with van der Waals surface area (Å²) in [5.74, 6) is -1.24. The van der Waals surface area contributed by atoms with Gasteiger partial charge in [0, 0.05) is 12.1 Å². The van der Waals surface area contributed by atoms with E-state index in [1.54, 1.807) is 16.7 Å². The zero-order chi connectivity index (χ0) is 25.9. The summed E-state index contributed by atoms with van der Waals surface area (Å²) in [6.45, 7) is 1.92. The highest BCUT2D eigenvalue weighted by atomic mass is 16.2. The van der Waals surface area contributed by atoms with E-state index in [1.165, 1.54) is 10.9 Å². The first-order valence-corrected chi connectivity index (χ1v) is 11.8. The van der Waals surface area contributed by atoms with E-state index in [2.05, 4.69) is 15.8 Å². The number of fused-ring (bicyclic) bond motifs is 2. The van der Waals surface area contributed by atoms with E-state index >= 15 is 0 Å². The Morgan fingerprint density at radius 1 is 0.865 bits per heavy atom. The third kappa shape index (κ3) is 4.52. The van der Waals surface area contributed by atoms with Crippen molar-refractivity contribution in [1.82, 2.24) is 29.5 Å². The maximum atomic E-state index is 13.4. The highest BCUT2D eigenvalue weighted by Gasteiger charge is 2.20. The average Bonchev–Trinajstić information content (AvgIpc) is 3.36. The molecule has 0 aliphatic heterocycles. The number of aryl methyl sites for hydroxylation is 1. The second-order valence-corrected chi connectivity index (χ2v) is 8.48. The minimum Gasteiger partial charge on any atom is -0.325 e. The molecule has 5 rings (SSSR count). The van der Waals surface area contributed by atoms with E-state index < -0.39 is 29.6 Å². The summed E-state index contributed by atoms with van der Waals surface area (Å²) < 4.78 is 3.87. The molecule has 10 nitrogen and oxygen atoms in total. The Labute approximate surface area is 210 Å². The monoisotopic (exact) mass is 496 g/mol. The predicted octanol–water partition coefficient (Wildman–Crippen LogP) is 2.04. The molecular weight excluding hydrogens is 472 g/mol. The van der Waals surface area contributed by atoms with Crippen LogP contribution in [0.4, 0.5) is 0 Å². The van der Waals surface area contributed by atoms with Crippen LogP contribution in [0.2, 0.25) is 0 Å². The first kappa shape index (κ1) is 23.7. The number of carbonyl (C=O) groups is 2. The number of aromatic nitrogens is 4. The third-order valence-electron chi connectivity index (χ3n) is 6.16. The molecule has 2 amide bonds. The van der Waals surface area contributed by atoms with Gasteiger partial charge < -0.3 is 4.57 Å². The van der Waals surface area contributed by atoms with Gasteiger partial charge in [-0.15, -0.1) is 0 Å². The number of rotatable bonds is 6. The van der Waals surface area contributed by atoms with Crippen molar-refractivity contribution in [1.29, 1.82) is 0 Å². The van der Waals surface area contributed by atoms with Gasteiger partial charge in [-0.2, -0.15) is 0 Å². The lowest BCUT2D eigenvalue weighted by atomic mass is 10.0. The second-order valence-electron chi connectivity index (χ2n) is 8.48. The first-order chi connectivity index (χ1) is 18.0. The third-order valence-corrected chi connectivity index (χ3v) is 6.16. The van der Waals surface area contributed by atoms with Crippen LogP contribution in [-0.2, 0) is 24.4 Å². The zero-order valence-electron chi connectivity index (χ0n) is 20.0. The van der Waals surface area contributed by atoms with Crippen LogP contribution in [0.25, 0.3) is 21.9 Å². The number of nitrogens with zero attached hydrogens (tertiary/aromatic N) is 4. The largest absolute Gasteiger partial charge is 0.333 e.